The standard InChI is InChI=1S/C19H21NO6S/c1-12(2)26-11-13-4-6-14(7-5-13)18(21)20-16-8-15(19(22)23)9-17(10-16)27(3,24)25/h4-10,12H,11H2,1-3H3,(H,20,21)(H,22,23). The molecule has 27 heavy (non-hydrogen) atoms. The average Bonchev–Trinajstić information content (AvgIpc) is 2.59. The molecule has 1 amide bonds. The number of hydrogen-bond donors (Lipinski definition) is 2. The molecule has 0 radical (unpaired) electrons. The summed E-state index contributed by atoms with van der Waals surface area (Å²) >= 11 is 0. The fraction of sp³-hybridized carbons (Fsp3) is 0.263. The Labute approximate surface area is 157 Å². The molecule has 144 valence electrons. The molecule has 0 fully saturated rings. The summed E-state index contributed by atoms with van der Waals surface area (Å²) in [4.78, 5) is 23.4. The second-order valence-corrected chi connectivity index (χ2v) is 8.35. The van der Waals surface area contributed by atoms with Crippen LogP contribution in [0, 0.1) is 0 Å². The van der Waals surface area contributed by atoms with E-state index in [2.05, 4.69) is 5.32 Å². The summed E-state index contributed by atoms with van der Waals surface area (Å²) in [6.07, 6.45) is 1.07. The smallest absolute Gasteiger partial charge is 0.335 e. The van der Waals surface area contributed by atoms with Gasteiger partial charge in [0, 0.05) is 17.5 Å². The van der Waals surface area contributed by atoms with Gasteiger partial charge in [0.05, 0.1) is 23.2 Å². The van der Waals surface area contributed by atoms with Gasteiger partial charge >= 0.3 is 5.97 Å². The van der Waals surface area contributed by atoms with Crippen LogP contribution < -0.4 is 5.32 Å². The third kappa shape index (κ3) is 5.90. The molecule has 0 saturated heterocycles. The minimum atomic E-state index is -3.63. The Bertz CT molecular complexity index is 949. The molecule has 0 unspecified atom stereocenters. The van der Waals surface area contributed by atoms with Crippen LogP contribution in [0.15, 0.2) is 47.4 Å². The predicted octanol–water partition coefficient (Wildman–Crippen LogP) is 2.97. The zero-order chi connectivity index (χ0) is 20.2. The number of ether oxygens (including phenoxy) is 1. The van der Waals surface area contributed by atoms with Gasteiger partial charge in [0.2, 0.25) is 0 Å². The van der Waals surface area contributed by atoms with Gasteiger partial charge in [-0.1, -0.05) is 12.1 Å². The van der Waals surface area contributed by atoms with Crippen molar-refractivity contribution in [2.24, 2.45) is 0 Å². The molecule has 0 aliphatic carbocycles. The van der Waals surface area contributed by atoms with E-state index >= 15 is 0 Å². The van der Waals surface area contributed by atoms with Gasteiger partial charge in [-0.2, -0.15) is 0 Å². The van der Waals surface area contributed by atoms with Gasteiger partial charge in [-0.15, -0.1) is 0 Å². The van der Waals surface area contributed by atoms with Crippen molar-refractivity contribution in [3.05, 3.63) is 59.2 Å². The van der Waals surface area contributed by atoms with Crippen LogP contribution in [-0.2, 0) is 21.2 Å². The first-order chi connectivity index (χ1) is 12.6. The Morgan fingerprint density at radius 2 is 1.70 bits per heavy atom. The van der Waals surface area contributed by atoms with Crippen LogP contribution in [-0.4, -0.2) is 37.8 Å². The largest absolute Gasteiger partial charge is 0.478 e. The summed E-state index contributed by atoms with van der Waals surface area (Å²) in [6, 6.07) is 10.2. The minimum absolute atomic E-state index is 0.0903. The predicted molar refractivity (Wildman–Crippen MR) is 101 cm³/mol. The number of amides is 1. The third-order valence-corrected chi connectivity index (χ3v) is 4.73. The number of sulfone groups is 1. The highest BCUT2D eigenvalue weighted by atomic mass is 32.2. The molecule has 2 aromatic carbocycles. The number of carbonyl (C=O) groups is 2. The van der Waals surface area contributed by atoms with E-state index in [9.17, 15) is 18.0 Å². The van der Waals surface area contributed by atoms with Crippen LogP contribution in [0.2, 0.25) is 0 Å². The Kier molecular flexibility index (Phi) is 6.35. The number of rotatable bonds is 7. The monoisotopic (exact) mass is 391 g/mol. The van der Waals surface area contributed by atoms with Crippen molar-refractivity contribution in [3.63, 3.8) is 0 Å². The summed E-state index contributed by atoms with van der Waals surface area (Å²) < 4.78 is 29.0. The van der Waals surface area contributed by atoms with E-state index in [4.69, 9.17) is 9.84 Å². The lowest BCUT2D eigenvalue weighted by molar-refractivity contribution is 0.0656. The molecule has 0 atom stereocenters. The minimum Gasteiger partial charge on any atom is -0.478 e. The fourth-order valence-corrected chi connectivity index (χ4v) is 2.91. The van der Waals surface area contributed by atoms with E-state index in [1.54, 1.807) is 24.3 Å². The number of anilines is 1. The Morgan fingerprint density at radius 1 is 1.07 bits per heavy atom. The molecule has 0 aromatic heterocycles. The molecular formula is C19H21NO6S. The Hall–Kier alpha value is -2.71. The SMILES string of the molecule is CC(C)OCc1ccc(C(=O)Nc2cc(C(=O)O)cc(S(C)(=O)=O)c2)cc1. The van der Waals surface area contributed by atoms with E-state index in [1.807, 2.05) is 13.8 Å². The molecule has 2 rings (SSSR count). The normalized spacial score (nSPS) is 11.4. The summed E-state index contributed by atoms with van der Waals surface area (Å²) in [5, 5.41) is 11.7. The van der Waals surface area contributed by atoms with E-state index in [0.717, 1.165) is 17.9 Å². The zero-order valence-corrected chi connectivity index (χ0v) is 16.0. The number of hydrogen-bond acceptors (Lipinski definition) is 5. The van der Waals surface area contributed by atoms with Gasteiger partial charge in [-0.05, 0) is 49.7 Å². The van der Waals surface area contributed by atoms with Crippen LogP contribution in [0.25, 0.3) is 0 Å². The highest BCUT2D eigenvalue weighted by molar-refractivity contribution is 7.90. The van der Waals surface area contributed by atoms with Gasteiger partial charge < -0.3 is 15.2 Å². The Morgan fingerprint density at radius 3 is 2.22 bits per heavy atom. The number of carboxylic acids is 1. The van der Waals surface area contributed by atoms with E-state index in [0.29, 0.717) is 12.2 Å². The number of benzene rings is 2. The second kappa shape index (κ2) is 8.32. The maximum absolute atomic E-state index is 12.4. The molecule has 0 aliphatic heterocycles. The van der Waals surface area contributed by atoms with Crippen molar-refractivity contribution in [3.8, 4) is 0 Å². The number of aromatic carboxylic acids is 1. The topological polar surface area (TPSA) is 110 Å². The van der Waals surface area contributed by atoms with Crippen molar-refractivity contribution in [2.45, 2.75) is 31.5 Å². The lowest BCUT2D eigenvalue weighted by Crippen LogP contribution is -2.13. The average molecular weight is 391 g/mol. The van der Waals surface area contributed by atoms with Crippen LogP contribution in [0.4, 0.5) is 5.69 Å². The van der Waals surface area contributed by atoms with Gasteiger partial charge in [0.1, 0.15) is 0 Å². The van der Waals surface area contributed by atoms with Gasteiger partial charge in [-0.25, -0.2) is 13.2 Å². The molecule has 0 heterocycles. The van der Waals surface area contributed by atoms with Crippen molar-refractivity contribution in [1.82, 2.24) is 0 Å². The molecule has 0 bridgehead atoms. The van der Waals surface area contributed by atoms with Crippen LogP contribution in [0.5, 0.6) is 0 Å². The summed E-state index contributed by atoms with van der Waals surface area (Å²) in [7, 11) is -3.63. The van der Waals surface area contributed by atoms with Gasteiger partial charge in [-0.3, -0.25) is 4.79 Å². The van der Waals surface area contributed by atoms with Crippen molar-refractivity contribution in [2.75, 3.05) is 11.6 Å². The lowest BCUT2D eigenvalue weighted by atomic mass is 10.1. The molecule has 2 N–H and O–H groups in total. The number of nitrogens with one attached hydrogen (secondary N) is 1. The molecule has 0 aliphatic rings. The van der Waals surface area contributed by atoms with E-state index in [-0.39, 0.29) is 22.3 Å². The first-order valence-electron chi connectivity index (χ1n) is 8.16. The highest BCUT2D eigenvalue weighted by Crippen LogP contribution is 2.20. The molecule has 2 aromatic rings. The van der Waals surface area contributed by atoms with Crippen molar-refractivity contribution < 1.29 is 27.9 Å². The maximum Gasteiger partial charge on any atom is 0.335 e. The first kappa shape index (κ1) is 20.6. The molecule has 0 saturated carbocycles. The molecule has 8 heteroatoms. The summed E-state index contributed by atoms with van der Waals surface area (Å²) in [6.45, 7) is 4.29. The van der Waals surface area contributed by atoms with Crippen molar-refractivity contribution in [1.29, 1.82) is 0 Å². The van der Waals surface area contributed by atoms with Crippen molar-refractivity contribution >= 4 is 27.4 Å². The number of carbonyl (C=O) groups excluding carboxylic acids is 1. The molecular weight excluding hydrogens is 370 g/mol. The van der Waals surface area contributed by atoms with Gasteiger partial charge in [0.15, 0.2) is 9.84 Å². The maximum atomic E-state index is 12.4. The quantitative estimate of drug-likeness (QED) is 0.751. The highest BCUT2D eigenvalue weighted by Gasteiger charge is 2.15. The van der Waals surface area contributed by atoms with E-state index < -0.39 is 21.7 Å². The van der Waals surface area contributed by atoms with Crippen LogP contribution in [0.1, 0.15) is 40.1 Å². The number of carboxylic acid groups (broad SMARTS) is 1. The first-order valence-corrected chi connectivity index (χ1v) is 10.1. The molecule has 0 spiro atoms. The summed E-state index contributed by atoms with van der Waals surface area (Å²) in [5.41, 5.74) is 1.12. The lowest BCUT2D eigenvalue weighted by Gasteiger charge is -2.10. The van der Waals surface area contributed by atoms with Gasteiger partial charge in [0.25, 0.3) is 5.91 Å². The van der Waals surface area contributed by atoms with Crippen LogP contribution in [0.3, 0.4) is 0 Å². The fourth-order valence-electron chi connectivity index (χ4n) is 2.23. The van der Waals surface area contributed by atoms with E-state index in [1.165, 1.54) is 12.1 Å². The second-order valence-electron chi connectivity index (χ2n) is 6.33. The zero-order valence-electron chi connectivity index (χ0n) is 15.2. The molecule has 7 nitrogen and oxygen atoms in total. The Balaban J connectivity index is 2.22. The third-order valence-electron chi connectivity index (χ3n) is 3.64. The summed E-state index contributed by atoms with van der Waals surface area (Å²) in [5.74, 6) is -1.76. The van der Waals surface area contributed by atoms with Crippen LogP contribution >= 0.6 is 0 Å².